The van der Waals surface area contributed by atoms with Gasteiger partial charge in [0.2, 0.25) is 9.84 Å². The van der Waals surface area contributed by atoms with Gasteiger partial charge in [-0.25, -0.2) is 8.42 Å². The molecular formula is C14H14O5S. The largest absolute Gasteiger partial charge is 0.506 e. The molecule has 0 aromatic heterocycles. The van der Waals surface area contributed by atoms with E-state index in [1.54, 1.807) is 12.1 Å². The summed E-state index contributed by atoms with van der Waals surface area (Å²) in [5, 5.41) is 19.5. The van der Waals surface area contributed by atoms with Crippen LogP contribution in [0.25, 0.3) is 0 Å². The van der Waals surface area contributed by atoms with E-state index in [-0.39, 0.29) is 21.3 Å². The van der Waals surface area contributed by atoms with Gasteiger partial charge in [-0.2, -0.15) is 0 Å². The molecular weight excluding hydrogens is 280 g/mol. The second-order valence-corrected chi connectivity index (χ2v) is 6.23. The molecule has 0 fully saturated rings. The van der Waals surface area contributed by atoms with Crippen LogP contribution in [0.3, 0.4) is 0 Å². The summed E-state index contributed by atoms with van der Waals surface area (Å²) in [7, 11) is -2.59. The van der Waals surface area contributed by atoms with Crippen molar-refractivity contribution in [2.75, 3.05) is 7.11 Å². The van der Waals surface area contributed by atoms with E-state index in [1.807, 2.05) is 6.92 Å². The second-order valence-electron chi connectivity index (χ2n) is 4.31. The van der Waals surface area contributed by atoms with E-state index in [4.69, 9.17) is 4.74 Å². The first-order valence-electron chi connectivity index (χ1n) is 5.78. The van der Waals surface area contributed by atoms with Gasteiger partial charge in [0.15, 0.2) is 11.5 Å². The molecule has 0 aliphatic heterocycles. The van der Waals surface area contributed by atoms with Crippen molar-refractivity contribution in [2.24, 2.45) is 0 Å². The summed E-state index contributed by atoms with van der Waals surface area (Å²) in [4.78, 5) is -0.317. The predicted molar refractivity (Wildman–Crippen MR) is 73.0 cm³/mol. The first-order chi connectivity index (χ1) is 9.36. The molecule has 2 aromatic rings. The Morgan fingerprint density at radius 2 is 1.60 bits per heavy atom. The van der Waals surface area contributed by atoms with E-state index in [9.17, 15) is 18.6 Å². The number of hydrogen-bond donors (Lipinski definition) is 2. The molecule has 0 radical (unpaired) electrons. The Labute approximate surface area is 117 Å². The van der Waals surface area contributed by atoms with Crippen molar-refractivity contribution in [3.05, 3.63) is 42.0 Å². The quantitative estimate of drug-likeness (QED) is 0.848. The van der Waals surface area contributed by atoms with Gasteiger partial charge in [-0.15, -0.1) is 0 Å². The predicted octanol–water partition coefficient (Wildman–Crippen LogP) is 2.25. The highest BCUT2D eigenvalue weighted by Crippen LogP contribution is 2.37. The molecule has 0 heterocycles. The van der Waals surface area contributed by atoms with Crippen molar-refractivity contribution in [2.45, 2.75) is 16.7 Å². The molecule has 0 atom stereocenters. The molecule has 0 aliphatic rings. The summed E-state index contributed by atoms with van der Waals surface area (Å²) in [5.74, 6) is -0.818. The molecule has 2 N–H and O–H groups in total. The SMILES string of the molecule is COc1cc(O)c(S(=O)(=O)c2ccc(C)cc2)cc1O. The highest BCUT2D eigenvalue weighted by molar-refractivity contribution is 7.91. The minimum absolute atomic E-state index is 0.00496. The molecule has 0 saturated heterocycles. The topological polar surface area (TPSA) is 83.8 Å². The van der Waals surface area contributed by atoms with Crippen LogP contribution in [0, 0.1) is 6.92 Å². The normalized spacial score (nSPS) is 11.3. The van der Waals surface area contributed by atoms with Gasteiger partial charge in [0.05, 0.1) is 12.0 Å². The lowest BCUT2D eigenvalue weighted by atomic mass is 10.2. The molecule has 2 rings (SSSR count). The van der Waals surface area contributed by atoms with Crippen LogP contribution in [0.5, 0.6) is 17.2 Å². The number of rotatable bonds is 3. The number of ether oxygens (including phenoxy) is 1. The Morgan fingerprint density at radius 3 is 2.15 bits per heavy atom. The highest BCUT2D eigenvalue weighted by Gasteiger charge is 2.23. The summed E-state index contributed by atoms with van der Waals surface area (Å²) in [6, 6.07) is 8.26. The lowest BCUT2D eigenvalue weighted by Gasteiger charge is -2.10. The lowest BCUT2D eigenvalue weighted by molar-refractivity contribution is 0.365. The van der Waals surface area contributed by atoms with Crippen LogP contribution < -0.4 is 4.74 Å². The van der Waals surface area contributed by atoms with Gasteiger partial charge < -0.3 is 14.9 Å². The van der Waals surface area contributed by atoms with E-state index >= 15 is 0 Å². The van der Waals surface area contributed by atoms with E-state index in [0.717, 1.165) is 17.7 Å². The van der Waals surface area contributed by atoms with Crippen molar-refractivity contribution >= 4 is 9.84 Å². The fourth-order valence-electron chi connectivity index (χ4n) is 1.76. The Bertz CT molecular complexity index is 733. The van der Waals surface area contributed by atoms with Crippen LogP contribution in [0.4, 0.5) is 0 Å². The van der Waals surface area contributed by atoms with Crippen LogP contribution in [0.1, 0.15) is 5.56 Å². The number of aromatic hydroxyl groups is 2. The molecule has 0 aliphatic carbocycles. The zero-order valence-corrected chi connectivity index (χ0v) is 11.8. The van der Waals surface area contributed by atoms with E-state index in [0.29, 0.717) is 0 Å². The van der Waals surface area contributed by atoms with E-state index in [1.165, 1.54) is 19.2 Å². The third-order valence-electron chi connectivity index (χ3n) is 2.88. The fraction of sp³-hybridized carbons (Fsp3) is 0.143. The summed E-state index contributed by atoms with van der Waals surface area (Å²) >= 11 is 0. The van der Waals surface area contributed by atoms with Crippen LogP contribution in [-0.2, 0) is 9.84 Å². The zero-order valence-electron chi connectivity index (χ0n) is 11.0. The van der Waals surface area contributed by atoms with E-state index < -0.39 is 15.6 Å². The molecule has 0 unspecified atom stereocenters. The second kappa shape index (κ2) is 5.05. The molecule has 20 heavy (non-hydrogen) atoms. The fourth-order valence-corrected chi connectivity index (χ4v) is 3.11. The standard InChI is InChI=1S/C14H14O5S/c1-9-3-5-10(6-4-9)20(17,18)14-8-11(15)13(19-2)7-12(14)16/h3-8,15-16H,1-2H3. The minimum atomic E-state index is -3.90. The molecule has 0 spiro atoms. The van der Waals surface area contributed by atoms with Gasteiger partial charge in [-0.3, -0.25) is 0 Å². The van der Waals surface area contributed by atoms with Crippen LogP contribution >= 0.6 is 0 Å². The maximum Gasteiger partial charge on any atom is 0.210 e. The molecule has 2 aromatic carbocycles. The summed E-state index contributed by atoms with van der Waals surface area (Å²) in [6.45, 7) is 1.84. The lowest BCUT2D eigenvalue weighted by Crippen LogP contribution is -2.02. The smallest absolute Gasteiger partial charge is 0.210 e. The van der Waals surface area contributed by atoms with Gasteiger partial charge in [-0.05, 0) is 19.1 Å². The van der Waals surface area contributed by atoms with Gasteiger partial charge >= 0.3 is 0 Å². The Hall–Kier alpha value is -2.21. The Balaban J connectivity index is 2.60. The minimum Gasteiger partial charge on any atom is -0.506 e. The number of phenols is 2. The number of phenolic OH excluding ortho intramolecular Hbond substituents is 2. The average Bonchev–Trinajstić information content (AvgIpc) is 2.41. The Morgan fingerprint density at radius 1 is 1.00 bits per heavy atom. The first-order valence-corrected chi connectivity index (χ1v) is 7.26. The third kappa shape index (κ3) is 2.42. The highest BCUT2D eigenvalue weighted by atomic mass is 32.2. The number of benzene rings is 2. The van der Waals surface area contributed by atoms with Gasteiger partial charge in [0, 0.05) is 12.1 Å². The molecule has 6 heteroatoms. The van der Waals surface area contributed by atoms with Crippen LogP contribution in [-0.4, -0.2) is 25.7 Å². The van der Waals surface area contributed by atoms with Gasteiger partial charge in [0.25, 0.3) is 0 Å². The van der Waals surface area contributed by atoms with Crippen molar-refractivity contribution < 1.29 is 23.4 Å². The van der Waals surface area contributed by atoms with Crippen molar-refractivity contribution in [3.63, 3.8) is 0 Å². The van der Waals surface area contributed by atoms with Crippen molar-refractivity contribution in [1.29, 1.82) is 0 Å². The van der Waals surface area contributed by atoms with Gasteiger partial charge in [0.1, 0.15) is 10.6 Å². The maximum absolute atomic E-state index is 12.4. The molecule has 0 saturated carbocycles. The maximum atomic E-state index is 12.4. The van der Waals surface area contributed by atoms with Crippen molar-refractivity contribution in [1.82, 2.24) is 0 Å². The average molecular weight is 294 g/mol. The molecule has 0 amide bonds. The number of hydrogen-bond acceptors (Lipinski definition) is 5. The number of sulfone groups is 1. The summed E-state index contributed by atoms with van der Waals surface area (Å²) in [6.07, 6.45) is 0. The summed E-state index contributed by atoms with van der Waals surface area (Å²) in [5.41, 5.74) is 0.922. The van der Waals surface area contributed by atoms with Gasteiger partial charge in [-0.1, -0.05) is 17.7 Å². The monoisotopic (exact) mass is 294 g/mol. The number of methoxy groups -OCH3 is 1. The first kappa shape index (κ1) is 14.2. The third-order valence-corrected chi connectivity index (χ3v) is 4.68. The van der Waals surface area contributed by atoms with Crippen molar-refractivity contribution in [3.8, 4) is 17.2 Å². The van der Waals surface area contributed by atoms with E-state index in [2.05, 4.69) is 0 Å². The summed E-state index contributed by atoms with van der Waals surface area (Å²) < 4.78 is 29.6. The van der Waals surface area contributed by atoms with Crippen LogP contribution in [0.15, 0.2) is 46.2 Å². The molecule has 0 bridgehead atoms. The Kier molecular flexibility index (Phi) is 3.59. The van der Waals surface area contributed by atoms with Crippen LogP contribution in [0.2, 0.25) is 0 Å². The molecule has 106 valence electrons. The molecule has 5 nitrogen and oxygen atoms in total. The number of aryl methyl sites for hydroxylation is 1. The zero-order chi connectivity index (χ0) is 14.9.